The van der Waals surface area contributed by atoms with E-state index in [0.717, 1.165) is 24.4 Å². The first-order chi connectivity index (χ1) is 16.2. The van der Waals surface area contributed by atoms with Gasteiger partial charge in [0.15, 0.2) is 5.76 Å². The van der Waals surface area contributed by atoms with Crippen LogP contribution in [0.15, 0.2) is 33.7 Å². The summed E-state index contributed by atoms with van der Waals surface area (Å²) in [5.41, 5.74) is 1.40. The third-order valence-corrected chi connectivity index (χ3v) is 8.63. The van der Waals surface area contributed by atoms with Crippen molar-refractivity contribution in [3.8, 4) is 5.75 Å². The summed E-state index contributed by atoms with van der Waals surface area (Å²) < 4.78 is 38.3. The van der Waals surface area contributed by atoms with Crippen molar-refractivity contribution in [3.05, 3.63) is 41.3 Å². The fraction of sp³-hybridized carbons (Fsp3) is 0.583. The van der Waals surface area contributed by atoms with Gasteiger partial charge in [0.25, 0.3) is 0 Å². The topological polar surface area (TPSA) is 105 Å². The fourth-order valence-corrected chi connectivity index (χ4v) is 6.47. The number of aromatic nitrogens is 1. The summed E-state index contributed by atoms with van der Waals surface area (Å²) in [5, 5.41) is 6.87. The van der Waals surface area contributed by atoms with E-state index in [2.05, 4.69) is 29.2 Å². The van der Waals surface area contributed by atoms with Gasteiger partial charge >= 0.3 is 0 Å². The zero-order valence-corrected chi connectivity index (χ0v) is 21.5. The maximum absolute atomic E-state index is 13.2. The van der Waals surface area contributed by atoms with Crippen molar-refractivity contribution in [3.63, 3.8) is 0 Å². The van der Waals surface area contributed by atoms with Crippen molar-refractivity contribution >= 4 is 15.9 Å². The van der Waals surface area contributed by atoms with E-state index in [1.165, 1.54) is 4.31 Å². The van der Waals surface area contributed by atoms with E-state index in [1.54, 1.807) is 21.0 Å². The molecule has 2 atom stereocenters. The Morgan fingerprint density at radius 1 is 1.32 bits per heavy atom. The molecule has 0 radical (unpaired) electrons. The number of ether oxygens (including phenoxy) is 1. The van der Waals surface area contributed by atoms with Gasteiger partial charge in [0, 0.05) is 19.6 Å². The molecule has 10 heteroatoms. The minimum absolute atomic E-state index is 0.0141. The maximum atomic E-state index is 13.2. The summed E-state index contributed by atoms with van der Waals surface area (Å²) in [4.78, 5) is 15.5. The van der Waals surface area contributed by atoms with E-state index < -0.39 is 15.9 Å². The van der Waals surface area contributed by atoms with E-state index in [9.17, 15) is 13.2 Å². The minimum atomic E-state index is -3.77. The number of nitrogens with zero attached hydrogens (tertiary/aromatic N) is 3. The van der Waals surface area contributed by atoms with Gasteiger partial charge in [-0.15, -0.1) is 0 Å². The highest BCUT2D eigenvalue weighted by Gasteiger charge is 2.36. The molecule has 3 rings (SSSR count). The van der Waals surface area contributed by atoms with Gasteiger partial charge in [-0.2, -0.15) is 4.31 Å². The summed E-state index contributed by atoms with van der Waals surface area (Å²) in [6.07, 6.45) is 1.27. The molecule has 1 aliphatic heterocycles. The number of hydrogen-bond acceptors (Lipinski definition) is 7. The molecule has 188 valence electrons. The van der Waals surface area contributed by atoms with Gasteiger partial charge in [-0.05, 0) is 57.5 Å². The highest BCUT2D eigenvalue weighted by Crippen LogP contribution is 2.28. The third-order valence-electron chi connectivity index (χ3n) is 6.52. The molecule has 1 saturated heterocycles. The second kappa shape index (κ2) is 11.3. The smallest absolute Gasteiger partial charge is 0.248 e. The summed E-state index contributed by atoms with van der Waals surface area (Å²) in [6.45, 7) is 10.0. The molecule has 2 aromatic rings. The van der Waals surface area contributed by atoms with Crippen LogP contribution in [0.4, 0.5) is 0 Å². The average molecular weight is 493 g/mol. The van der Waals surface area contributed by atoms with Gasteiger partial charge in [0.05, 0.1) is 19.1 Å². The van der Waals surface area contributed by atoms with Crippen LogP contribution in [0, 0.1) is 19.8 Å². The van der Waals surface area contributed by atoms with E-state index in [4.69, 9.17) is 9.26 Å². The summed E-state index contributed by atoms with van der Waals surface area (Å²) in [7, 11) is -2.14. The van der Waals surface area contributed by atoms with Crippen LogP contribution in [0.1, 0.15) is 49.7 Å². The van der Waals surface area contributed by atoms with Crippen molar-refractivity contribution in [1.82, 2.24) is 19.7 Å². The Balaban J connectivity index is 1.72. The van der Waals surface area contributed by atoms with E-state index in [-0.39, 0.29) is 29.1 Å². The monoisotopic (exact) mass is 492 g/mol. The number of amides is 1. The van der Waals surface area contributed by atoms with Crippen LogP contribution in [0.3, 0.4) is 0 Å². The maximum Gasteiger partial charge on any atom is 0.248 e. The molecule has 1 aliphatic rings. The summed E-state index contributed by atoms with van der Waals surface area (Å²) in [5.74, 6) is 0.503. The molecule has 1 aromatic heterocycles. The van der Waals surface area contributed by atoms with Gasteiger partial charge in [0.2, 0.25) is 15.9 Å². The van der Waals surface area contributed by atoms with Crippen LogP contribution in [-0.4, -0.2) is 68.5 Å². The number of piperidine rings is 1. The molecule has 1 N–H and O–H groups in total. The van der Waals surface area contributed by atoms with E-state index >= 15 is 0 Å². The Hall–Kier alpha value is -2.43. The quantitative estimate of drug-likeness (QED) is 0.544. The lowest BCUT2D eigenvalue weighted by Gasteiger charge is -2.33. The average Bonchev–Trinajstić information content (AvgIpc) is 3.20. The molecule has 1 amide bonds. The number of aryl methyl sites for hydroxylation is 2. The fourth-order valence-electron chi connectivity index (χ4n) is 4.66. The highest BCUT2D eigenvalue weighted by atomic mass is 32.2. The van der Waals surface area contributed by atoms with E-state index in [0.29, 0.717) is 31.6 Å². The molecular weight excluding hydrogens is 456 g/mol. The number of benzene rings is 1. The molecule has 9 nitrogen and oxygen atoms in total. The van der Waals surface area contributed by atoms with Gasteiger partial charge in [-0.25, -0.2) is 8.42 Å². The van der Waals surface area contributed by atoms with Crippen molar-refractivity contribution in [2.45, 2.75) is 51.5 Å². The van der Waals surface area contributed by atoms with Crippen molar-refractivity contribution < 1.29 is 22.5 Å². The second-order valence-electron chi connectivity index (χ2n) is 8.61. The summed E-state index contributed by atoms with van der Waals surface area (Å²) >= 11 is 0. The number of rotatable bonds is 10. The van der Waals surface area contributed by atoms with Crippen molar-refractivity contribution in [2.24, 2.45) is 5.92 Å². The van der Waals surface area contributed by atoms with Crippen LogP contribution in [0.5, 0.6) is 5.75 Å². The van der Waals surface area contributed by atoms with Crippen LogP contribution >= 0.6 is 0 Å². The number of likely N-dealkylation sites (N-methyl/N-ethyl adjacent to an activating group) is 1. The predicted molar refractivity (Wildman–Crippen MR) is 129 cm³/mol. The zero-order chi connectivity index (χ0) is 24.9. The van der Waals surface area contributed by atoms with Crippen molar-refractivity contribution in [1.29, 1.82) is 0 Å². The van der Waals surface area contributed by atoms with Gasteiger partial charge in [-0.3, -0.25) is 9.69 Å². The number of nitrogens with one attached hydrogen (secondary N) is 1. The molecule has 1 aromatic carbocycles. The molecule has 0 aliphatic carbocycles. The SMILES string of the molecule is CCN(CC)C(CNC(=O)C1CCCN(S(=O)(=O)c2c(C)noc2C)C1)c1cccc(OC)c1. The first kappa shape index (κ1) is 26.2. The lowest BCUT2D eigenvalue weighted by atomic mass is 9.98. The molecular formula is C24H36N4O5S. The van der Waals surface area contributed by atoms with Crippen LogP contribution in [0.2, 0.25) is 0 Å². The summed E-state index contributed by atoms with van der Waals surface area (Å²) in [6, 6.07) is 7.87. The lowest BCUT2D eigenvalue weighted by molar-refractivity contribution is -0.126. The third kappa shape index (κ3) is 5.61. The largest absolute Gasteiger partial charge is 0.497 e. The molecule has 0 bridgehead atoms. The van der Waals surface area contributed by atoms with Crippen LogP contribution in [-0.2, 0) is 14.8 Å². The number of sulfonamides is 1. The van der Waals surface area contributed by atoms with Crippen molar-refractivity contribution in [2.75, 3.05) is 39.8 Å². The Labute approximate surface area is 202 Å². The Bertz CT molecular complexity index is 1060. The number of carbonyl (C=O) groups is 1. The Morgan fingerprint density at radius 3 is 2.68 bits per heavy atom. The lowest BCUT2D eigenvalue weighted by Crippen LogP contribution is -2.47. The number of methoxy groups -OCH3 is 1. The first-order valence-electron chi connectivity index (χ1n) is 11.8. The first-order valence-corrected chi connectivity index (χ1v) is 13.3. The highest BCUT2D eigenvalue weighted by molar-refractivity contribution is 7.89. The molecule has 34 heavy (non-hydrogen) atoms. The van der Waals surface area contributed by atoms with Crippen LogP contribution < -0.4 is 10.1 Å². The molecule has 0 spiro atoms. The Morgan fingerprint density at radius 2 is 2.06 bits per heavy atom. The predicted octanol–water partition coefficient (Wildman–Crippen LogP) is 2.90. The number of carbonyl (C=O) groups excluding carboxylic acids is 1. The Kier molecular flexibility index (Phi) is 8.72. The molecule has 1 fully saturated rings. The molecule has 2 heterocycles. The number of hydrogen-bond donors (Lipinski definition) is 1. The van der Waals surface area contributed by atoms with E-state index in [1.807, 2.05) is 24.3 Å². The van der Waals surface area contributed by atoms with Gasteiger partial charge in [0.1, 0.15) is 16.3 Å². The molecule has 2 unspecified atom stereocenters. The minimum Gasteiger partial charge on any atom is -0.497 e. The zero-order valence-electron chi connectivity index (χ0n) is 20.7. The standard InChI is InChI=1S/C24H36N4O5S/c1-6-27(7-2)22(19-10-8-12-21(14-19)32-5)15-25-24(29)20-11-9-13-28(16-20)34(30,31)23-17(3)26-33-18(23)4/h8,10,12,14,20,22H,6-7,9,11,13,15-16H2,1-5H3,(H,25,29). The molecule has 0 saturated carbocycles. The van der Waals surface area contributed by atoms with Gasteiger partial charge < -0.3 is 14.6 Å². The normalized spacial score (nSPS) is 18.1. The second-order valence-corrected chi connectivity index (χ2v) is 10.5. The van der Waals surface area contributed by atoms with Gasteiger partial charge in [-0.1, -0.05) is 31.1 Å². The van der Waals surface area contributed by atoms with Crippen LogP contribution in [0.25, 0.3) is 0 Å².